The fourth-order valence-corrected chi connectivity index (χ4v) is 4.37. The first-order valence-electron chi connectivity index (χ1n) is 9.89. The van der Waals surface area contributed by atoms with E-state index in [1.165, 1.54) is 25.9 Å². The number of nitrogens with zero attached hydrogens (tertiary/aromatic N) is 2. The Kier molecular flexibility index (Phi) is 6.54. The summed E-state index contributed by atoms with van der Waals surface area (Å²) in [6.07, 6.45) is 4.52. The zero-order chi connectivity index (χ0) is 18.5. The summed E-state index contributed by atoms with van der Waals surface area (Å²) in [6, 6.07) is 6.12. The lowest BCUT2D eigenvalue weighted by atomic mass is 9.88. The van der Waals surface area contributed by atoms with Gasteiger partial charge in [0.15, 0.2) is 5.78 Å². The highest BCUT2D eigenvalue weighted by Crippen LogP contribution is 2.31. The van der Waals surface area contributed by atoms with Crippen molar-refractivity contribution in [3.63, 3.8) is 0 Å². The van der Waals surface area contributed by atoms with Crippen LogP contribution in [0.4, 0.5) is 0 Å². The second-order valence-corrected chi connectivity index (χ2v) is 7.43. The molecule has 0 aromatic heterocycles. The van der Waals surface area contributed by atoms with Crippen LogP contribution in [0.15, 0.2) is 18.2 Å². The predicted molar refractivity (Wildman–Crippen MR) is 103 cm³/mol. The first-order chi connectivity index (χ1) is 12.7. The maximum Gasteiger partial charge on any atom is 0.170 e. The highest BCUT2D eigenvalue weighted by Gasteiger charge is 2.32. The molecule has 0 N–H and O–H groups in total. The van der Waals surface area contributed by atoms with Gasteiger partial charge in [-0.25, -0.2) is 0 Å². The number of piperidine rings is 2. The Morgan fingerprint density at radius 3 is 2.54 bits per heavy atom. The lowest BCUT2D eigenvalue weighted by Crippen LogP contribution is -2.49. The third kappa shape index (κ3) is 4.21. The largest absolute Gasteiger partial charge is 0.497 e. The van der Waals surface area contributed by atoms with Crippen molar-refractivity contribution < 1.29 is 14.3 Å². The summed E-state index contributed by atoms with van der Waals surface area (Å²) in [6.45, 7) is 7.75. The van der Waals surface area contributed by atoms with E-state index in [9.17, 15) is 4.79 Å². The zero-order valence-corrected chi connectivity index (χ0v) is 16.4. The molecule has 0 aliphatic carbocycles. The molecule has 0 amide bonds. The Hall–Kier alpha value is -1.59. The number of hydrogen-bond acceptors (Lipinski definition) is 5. The molecule has 3 rings (SSSR count). The van der Waals surface area contributed by atoms with Crippen LogP contribution in [0, 0.1) is 5.92 Å². The lowest BCUT2D eigenvalue weighted by Gasteiger charge is -2.42. The SMILES string of the molecule is CCN1CCC(N2CCCC(C(=O)c3ccc(OC)cc3OC)C2)CC1. The molecule has 1 aromatic carbocycles. The zero-order valence-electron chi connectivity index (χ0n) is 16.4. The molecule has 2 saturated heterocycles. The number of rotatable bonds is 6. The van der Waals surface area contributed by atoms with Crippen LogP contribution in [0.25, 0.3) is 0 Å². The topological polar surface area (TPSA) is 42.0 Å². The van der Waals surface area contributed by atoms with Crippen molar-refractivity contribution in [2.45, 2.75) is 38.6 Å². The smallest absolute Gasteiger partial charge is 0.170 e. The highest BCUT2D eigenvalue weighted by molar-refractivity contribution is 6.00. The molecule has 0 spiro atoms. The Balaban J connectivity index is 1.67. The van der Waals surface area contributed by atoms with Gasteiger partial charge < -0.3 is 14.4 Å². The van der Waals surface area contributed by atoms with Crippen molar-refractivity contribution in [2.24, 2.45) is 5.92 Å². The number of hydrogen-bond donors (Lipinski definition) is 0. The van der Waals surface area contributed by atoms with Crippen molar-refractivity contribution in [1.82, 2.24) is 9.80 Å². The second kappa shape index (κ2) is 8.87. The van der Waals surface area contributed by atoms with E-state index in [0.717, 1.165) is 32.5 Å². The van der Waals surface area contributed by atoms with Gasteiger partial charge in [0.2, 0.25) is 0 Å². The molecular formula is C21H32N2O3. The van der Waals surface area contributed by atoms with Gasteiger partial charge in [0.1, 0.15) is 11.5 Å². The summed E-state index contributed by atoms with van der Waals surface area (Å²) in [7, 11) is 3.24. The van der Waals surface area contributed by atoms with Crippen LogP contribution in [-0.4, -0.2) is 68.6 Å². The second-order valence-electron chi connectivity index (χ2n) is 7.43. The maximum atomic E-state index is 13.2. The summed E-state index contributed by atoms with van der Waals surface area (Å²) in [4.78, 5) is 18.2. The van der Waals surface area contributed by atoms with Gasteiger partial charge in [-0.15, -0.1) is 0 Å². The van der Waals surface area contributed by atoms with E-state index in [1.807, 2.05) is 12.1 Å². The number of likely N-dealkylation sites (tertiary alicyclic amines) is 2. The van der Waals surface area contributed by atoms with Gasteiger partial charge in [-0.05, 0) is 64.0 Å². The van der Waals surface area contributed by atoms with Crippen LogP contribution in [0.2, 0.25) is 0 Å². The molecule has 2 fully saturated rings. The number of ether oxygens (including phenoxy) is 2. The Bertz CT molecular complexity index is 611. The van der Waals surface area contributed by atoms with Crippen LogP contribution in [0.3, 0.4) is 0 Å². The van der Waals surface area contributed by atoms with E-state index in [1.54, 1.807) is 20.3 Å². The Morgan fingerprint density at radius 1 is 1.12 bits per heavy atom. The predicted octanol–water partition coefficient (Wildman–Crippen LogP) is 3.08. The minimum atomic E-state index is 0.0650. The first-order valence-corrected chi connectivity index (χ1v) is 9.89. The molecule has 0 saturated carbocycles. The van der Waals surface area contributed by atoms with Crippen LogP contribution >= 0.6 is 0 Å². The van der Waals surface area contributed by atoms with Gasteiger partial charge in [0, 0.05) is 24.6 Å². The third-order valence-corrected chi connectivity index (χ3v) is 6.02. The molecular weight excluding hydrogens is 328 g/mol. The Morgan fingerprint density at radius 2 is 1.88 bits per heavy atom. The van der Waals surface area contributed by atoms with Crippen LogP contribution < -0.4 is 9.47 Å². The van der Waals surface area contributed by atoms with E-state index in [4.69, 9.17) is 9.47 Å². The van der Waals surface area contributed by atoms with Crippen LogP contribution in [-0.2, 0) is 0 Å². The monoisotopic (exact) mass is 360 g/mol. The van der Waals surface area contributed by atoms with Crippen molar-refractivity contribution in [2.75, 3.05) is 46.9 Å². The van der Waals surface area contributed by atoms with Crippen molar-refractivity contribution in [1.29, 1.82) is 0 Å². The fraction of sp³-hybridized carbons (Fsp3) is 0.667. The van der Waals surface area contributed by atoms with Gasteiger partial charge >= 0.3 is 0 Å². The number of methoxy groups -OCH3 is 2. The molecule has 1 atom stereocenters. The van der Waals surface area contributed by atoms with Crippen molar-refractivity contribution in [3.05, 3.63) is 23.8 Å². The van der Waals surface area contributed by atoms with E-state index < -0.39 is 0 Å². The average molecular weight is 360 g/mol. The first kappa shape index (κ1) is 19.2. The number of benzene rings is 1. The minimum absolute atomic E-state index is 0.0650. The Labute approximate surface area is 157 Å². The molecule has 144 valence electrons. The number of carbonyl (C=O) groups is 1. The standard InChI is InChI=1S/C21H32N2O3/c1-4-22-12-9-17(10-13-22)23-11-5-6-16(15-23)21(24)19-8-7-18(25-2)14-20(19)26-3/h7-8,14,16-17H,4-6,9-13,15H2,1-3H3. The van der Waals surface area contributed by atoms with Crippen molar-refractivity contribution >= 4 is 5.78 Å². The number of ketones is 1. The highest BCUT2D eigenvalue weighted by atomic mass is 16.5. The molecule has 26 heavy (non-hydrogen) atoms. The summed E-state index contributed by atoms with van der Waals surface area (Å²) < 4.78 is 10.7. The average Bonchev–Trinajstić information content (AvgIpc) is 2.72. The number of carbonyl (C=O) groups excluding carboxylic acids is 1. The molecule has 1 aromatic rings. The normalized spacial score (nSPS) is 23.0. The molecule has 0 bridgehead atoms. The summed E-state index contributed by atoms with van der Waals surface area (Å²) in [5.41, 5.74) is 0.681. The van der Waals surface area contributed by atoms with Crippen LogP contribution in [0.5, 0.6) is 11.5 Å². The molecule has 2 aliphatic rings. The third-order valence-electron chi connectivity index (χ3n) is 6.02. The molecule has 2 aliphatic heterocycles. The van der Waals surface area contributed by atoms with Gasteiger partial charge in [-0.1, -0.05) is 6.92 Å². The minimum Gasteiger partial charge on any atom is -0.497 e. The molecule has 2 heterocycles. The molecule has 5 heteroatoms. The molecule has 5 nitrogen and oxygen atoms in total. The van der Waals surface area contributed by atoms with Crippen LogP contribution in [0.1, 0.15) is 43.0 Å². The van der Waals surface area contributed by atoms with E-state index >= 15 is 0 Å². The molecule has 0 radical (unpaired) electrons. The number of Topliss-reactive ketones (excluding diaryl/α,β-unsaturated/α-hetero) is 1. The van der Waals surface area contributed by atoms with E-state index in [0.29, 0.717) is 23.1 Å². The summed E-state index contributed by atoms with van der Waals surface area (Å²) in [5, 5.41) is 0. The van der Waals surface area contributed by atoms with Gasteiger partial charge in [0.25, 0.3) is 0 Å². The molecule has 1 unspecified atom stereocenters. The lowest BCUT2D eigenvalue weighted by molar-refractivity contribution is 0.0603. The van der Waals surface area contributed by atoms with Gasteiger partial charge in [0.05, 0.1) is 19.8 Å². The maximum absolute atomic E-state index is 13.2. The van der Waals surface area contributed by atoms with Crippen molar-refractivity contribution in [3.8, 4) is 11.5 Å². The van der Waals surface area contributed by atoms with Gasteiger partial charge in [-0.2, -0.15) is 0 Å². The van der Waals surface area contributed by atoms with Gasteiger partial charge in [-0.3, -0.25) is 9.69 Å². The van der Waals surface area contributed by atoms with E-state index in [-0.39, 0.29) is 11.7 Å². The van der Waals surface area contributed by atoms with E-state index in [2.05, 4.69) is 16.7 Å². The quantitative estimate of drug-likeness (QED) is 0.729. The summed E-state index contributed by atoms with van der Waals surface area (Å²) in [5.74, 6) is 1.60. The fourth-order valence-electron chi connectivity index (χ4n) is 4.37. The summed E-state index contributed by atoms with van der Waals surface area (Å²) >= 11 is 0.